The van der Waals surface area contributed by atoms with Gasteiger partial charge in [-0.05, 0) is 31.2 Å². The van der Waals surface area contributed by atoms with Crippen LogP contribution in [-0.2, 0) is 9.53 Å². The van der Waals surface area contributed by atoms with Crippen molar-refractivity contribution in [3.63, 3.8) is 0 Å². The Hall–Kier alpha value is -3.38. The highest BCUT2D eigenvalue weighted by Crippen LogP contribution is 2.19. The van der Waals surface area contributed by atoms with E-state index in [0.717, 1.165) is 11.3 Å². The Kier molecular flexibility index (Phi) is 6.59. The van der Waals surface area contributed by atoms with Crippen LogP contribution >= 0.6 is 0 Å². The van der Waals surface area contributed by atoms with Crippen LogP contribution in [0.25, 0.3) is 0 Å². The summed E-state index contributed by atoms with van der Waals surface area (Å²) in [4.78, 5) is 24.6. The molecule has 3 N–H and O–H groups in total. The molecular weight excluding hydrogens is 356 g/mol. The van der Waals surface area contributed by atoms with Gasteiger partial charge in [0.15, 0.2) is 18.3 Å². The number of anilines is 1. The van der Waals surface area contributed by atoms with Gasteiger partial charge in [-0.25, -0.2) is 4.79 Å². The fourth-order valence-electron chi connectivity index (χ4n) is 2.95. The fourth-order valence-corrected chi connectivity index (χ4v) is 2.95. The maximum absolute atomic E-state index is 12.5. The Morgan fingerprint density at radius 3 is 2.50 bits per heavy atom. The molecule has 0 fully saturated rings. The van der Waals surface area contributed by atoms with Crippen molar-refractivity contribution >= 4 is 17.6 Å². The number of para-hydroxylation sites is 1. The SMILES string of the molecule is CCOC(=O)c1ccccc1NC(=O)C[NH2+][C@H](c1ccccc1)c1ccco1. The number of hydrogen-bond donors (Lipinski definition) is 2. The first-order chi connectivity index (χ1) is 13.7. The van der Waals surface area contributed by atoms with Gasteiger partial charge in [0.1, 0.15) is 0 Å². The summed E-state index contributed by atoms with van der Waals surface area (Å²) in [5, 5.41) is 4.70. The van der Waals surface area contributed by atoms with Crippen LogP contribution in [0.4, 0.5) is 5.69 Å². The molecule has 0 radical (unpaired) electrons. The second-order valence-corrected chi connectivity index (χ2v) is 6.16. The zero-order valence-electron chi connectivity index (χ0n) is 15.6. The van der Waals surface area contributed by atoms with Gasteiger partial charge in [0.05, 0.1) is 24.1 Å². The minimum Gasteiger partial charge on any atom is -0.463 e. The van der Waals surface area contributed by atoms with Crippen molar-refractivity contribution < 1.29 is 24.1 Å². The largest absolute Gasteiger partial charge is 0.463 e. The van der Waals surface area contributed by atoms with E-state index in [0.29, 0.717) is 11.3 Å². The molecule has 0 aliphatic rings. The minimum atomic E-state index is -0.458. The second kappa shape index (κ2) is 9.53. The molecule has 0 bridgehead atoms. The summed E-state index contributed by atoms with van der Waals surface area (Å²) in [5.41, 5.74) is 1.81. The smallest absolute Gasteiger partial charge is 0.340 e. The minimum absolute atomic E-state index is 0.137. The van der Waals surface area contributed by atoms with Gasteiger partial charge in [-0.2, -0.15) is 0 Å². The third-order valence-electron chi connectivity index (χ3n) is 4.24. The average molecular weight is 379 g/mol. The van der Waals surface area contributed by atoms with Gasteiger partial charge in [-0.3, -0.25) is 4.79 Å². The highest BCUT2D eigenvalue weighted by atomic mass is 16.5. The van der Waals surface area contributed by atoms with Crippen LogP contribution in [0.1, 0.15) is 34.6 Å². The third kappa shape index (κ3) is 4.86. The summed E-state index contributed by atoms with van der Waals surface area (Å²) in [6.07, 6.45) is 1.62. The lowest BCUT2D eigenvalue weighted by Crippen LogP contribution is -2.87. The molecule has 144 valence electrons. The van der Waals surface area contributed by atoms with Crippen LogP contribution in [0.3, 0.4) is 0 Å². The maximum Gasteiger partial charge on any atom is 0.340 e. The Labute approximate surface area is 163 Å². The number of benzene rings is 2. The first-order valence-electron chi connectivity index (χ1n) is 9.16. The van der Waals surface area contributed by atoms with E-state index in [9.17, 15) is 9.59 Å². The molecule has 0 spiro atoms. The van der Waals surface area contributed by atoms with Gasteiger partial charge < -0.3 is 19.8 Å². The van der Waals surface area contributed by atoms with Gasteiger partial charge in [0.2, 0.25) is 0 Å². The van der Waals surface area contributed by atoms with Crippen molar-refractivity contribution in [2.24, 2.45) is 0 Å². The number of rotatable bonds is 8. The summed E-state index contributed by atoms with van der Waals surface area (Å²) in [6.45, 7) is 2.18. The first-order valence-corrected chi connectivity index (χ1v) is 9.16. The molecular formula is C22H23N2O4+. The third-order valence-corrected chi connectivity index (χ3v) is 4.24. The maximum atomic E-state index is 12.5. The van der Waals surface area contributed by atoms with Crippen LogP contribution in [0.2, 0.25) is 0 Å². The zero-order chi connectivity index (χ0) is 19.8. The molecule has 1 amide bonds. The van der Waals surface area contributed by atoms with E-state index in [-0.39, 0.29) is 25.1 Å². The number of hydrogen-bond acceptors (Lipinski definition) is 4. The molecule has 3 aromatic rings. The van der Waals surface area contributed by atoms with Gasteiger partial charge in [-0.1, -0.05) is 42.5 Å². The van der Waals surface area contributed by atoms with Crippen molar-refractivity contribution in [2.75, 3.05) is 18.5 Å². The van der Waals surface area contributed by atoms with Gasteiger partial charge >= 0.3 is 5.97 Å². The lowest BCUT2D eigenvalue weighted by atomic mass is 10.0. The molecule has 0 aliphatic carbocycles. The highest BCUT2D eigenvalue weighted by molar-refractivity contribution is 6.01. The van der Waals surface area contributed by atoms with Crippen molar-refractivity contribution in [3.05, 3.63) is 89.9 Å². The summed E-state index contributed by atoms with van der Waals surface area (Å²) in [5.74, 6) is 0.0929. The van der Waals surface area contributed by atoms with E-state index in [4.69, 9.17) is 9.15 Å². The normalized spacial score (nSPS) is 11.6. The van der Waals surface area contributed by atoms with E-state index in [1.54, 1.807) is 37.5 Å². The van der Waals surface area contributed by atoms with E-state index >= 15 is 0 Å². The Balaban J connectivity index is 1.69. The summed E-state index contributed by atoms with van der Waals surface area (Å²) in [6, 6.07) is 20.2. The van der Waals surface area contributed by atoms with E-state index in [1.807, 2.05) is 47.8 Å². The van der Waals surface area contributed by atoms with Crippen molar-refractivity contribution in [3.8, 4) is 0 Å². The summed E-state index contributed by atoms with van der Waals surface area (Å²) >= 11 is 0. The zero-order valence-corrected chi connectivity index (χ0v) is 15.6. The molecule has 28 heavy (non-hydrogen) atoms. The molecule has 6 nitrogen and oxygen atoms in total. The number of furan rings is 1. The number of nitrogens with one attached hydrogen (secondary N) is 1. The average Bonchev–Trinajstić information content (AvgIpc) is 3.24. The number of quaternary nitrogens is 1. The van der Waals surface area contributed by atoms with Crippen molar-refractivity contribution in [1.29, 1.82) is 0 Å². The van der Waals surface area contributed by atoms with Gasteiger partial charge in [-0.15, -0.1) is 0 Å². The Morgan fingerprint density at radius 1 is 1.04 bits per heavy atom. The molecule has 0 saturated heterocycles. The highest BCUT2D eigenvalue weighted by Gasteiger charge is 2.22. The number of nitrogens with two attached hydrogens (primary N) is 1. The standard InChI is InChI=1S/C22H22N2O4/c1-2-27-22(26)17-11-6-7-12-18(17)24-20(25)15-23-21(19-13-8-14-28-19)16-9-4-3-5-10-16/h3-14,21,23H,2,15H2,1H3,(H,24,25)/p+1/t21-/m1/s1. The first kappa shape index (κ1) is 19.4. The fraction of sp³-hybridized carbons (Fsp3) is 0.182. The number of carbonyl (C=O) groups is 2. The van der Waals surface area contributed by atoms with E-state index < -0.39 is 5.97 Å². The van der Waals surface area contributed by atoms with Crippen molar-refractivity contribution in [1.82, 2.24) is 0 Å². The number of carbonyl (C=O) groups excluding carboxylic acids is 2. The van der Waals surface area contributed by atoms with Gasteiger partial charge in [0.25, 0.3) is 5.91 Å². The van der Waals surface area contributed by atoms with Crippen LogP contribution in [0.5, 0.6) is 0 Å². The number of ether oxygens (including phenoxy) is 1. The van der Waals surface area contributed by atoms with Crippen LogP contribution in [0, 0.1) is 0 Å². The predicted molar refractivity (Wildman–Crippen MR) is 105 cm³/mol. The topological polar surface area (TPSA) is 85.1 Å². The number of esters is 1. The monoisotopic (exact) mass is 379 g/mol. The molecule has 0 unspecified atom stereocenters. The second-order valence-electron chi connectivity index (χ2n) is 6.16. The molecule has 2 aromatic carbocycles. The molecule has 0 saturated carbocycles. The molecule has 1 heterocycles. The van der Waals surface area contributed by atoms with E-state index in [1.165, 1.54) is 0 Å². The lowest BCUT2D eigenvalue weighted by Gasteiger charge is -2.14. The van der Waals surface area contributed by atoms with Crippen LogP contribution < -0.4 is 10.6 Å². The molecule has 1 atom stereocenters. The van der Waals surface area contributed by atoms with Crippen molar-refractivity contribution in [2.45, 2.75) is 13.0 Å². The molecule has 6 heteroatoms. The number of amides is 1. The molecule has 1 aromatic heterocycles. The Bertz CT molecular complexity index is 907. The predicted octanol–water partition coefficient (Wildman–Crippen LogP) is 2.75. The summed E-state index contributed by atoms with van der Waals surface area (Å²) in [7, 11) is 0. The van der Waals surface area contributed by atoms with Crippen LogP contribution in [-0.4, -0.2) is 25.0 Å². The van der Waals surface area contributed by atoms with Crippen LogP contribution in [0.15, 0.2) is 77.4 Å². The van der Waals surface area contributed by atoms with E-state index in [2.05, 4.69) is 5.32 Å². The lowest BCUT2D eigenvalue weighted by molar-refractivity contribution is -0.678. The molecule has 0 aliphatic heterocycles. The molecule has 3 rings (SSSR count). The quantitative estimate of drug-likeness (QED) is 0.590. The summed E-state index contributed by atoms with van der Waals surface area (Å²) < 4.78 is 10.6. The van der Waals surface area contributed by atoms with Gasteiger partial charge in [0, 0.05) is 5.56 Å². The Morgan fingerprint density at radius 2 is 1.79 bits per heavy atom.